The number of aryl methyl sites for hydroxylation is 1. The highest BCUT2D eigenvalue weighted by Gasteiger charge is 2.01. The van der Waals surface area contributed by atoms with E-state index >= 15 is 0 Å². The Balaban J connectivity index is 0.00000220. The van der Waals surface area contributed by atoms with Crippen LogP contribution in [-0.4, -0.2) is 22.7 Å². The zero-order valence-electron chi connectivity index (χ0n) is 12.3. The minimum absolute atomic E-state index is 0. The van der Waals surface area contributed by atoms with E-state index in [1.54, 1.807) is 6.20 Å². The van der Waals surface area contributed by atoms with Crippen LogP contribution in [0.25, 0.3) is 0 Å². The van der Waals surface area contributed by atoms with Crippen LogP contribution in [0.15, 0.2) is 29.4 Å². The van der Waals surface area contributed by atoms with E-state index in [9.17, 15) is 0 Å². The van der Waals surface area contributed by atoms with Gasteiger partial charge in [-0.05, 0) is 31.5 Å². The third kappa shape index (κ3) is 6.04. The van der Waals surface area contributed by atoms with E-state index in [0.717, 1.165) is 31.2 Å². The molecule has 116 valence electrons. The Bertz CT molecular complexity index is 535. The molecule has 0 saturated carbocycles. The maximum absolute atomic E-state index is 4.53. The van der Waals surface area contributed by atoms with Crippen molar-refractivity contribution in [1.29, 1.82) is 0 Å². The van der Waals surface area contributed by atoms with Crippen molar-refractivity contribution in [2.75, 3.05) is 6.54 Å². The Morgan fingerprint density at radius 2 is 2.05 bits per heavy atom. The second-order valence-corrected chi connectivity index (χ2v) is 5.61. The third-order valence-corrected chi connectivity index (χ3v) is 4.04. The number of hydrogen-bond acceptors (Lipinski definition) is 3. The van der Waals surface area contributed by atoms with Crippen LogP contribution < -0.4 is 10.6 Å². The Labute approximate surface area is 146 Å². The van der Waals surface area contributed by atoms with Crippen LogP contribution >= 0.6 is 35.3 Å². The summed E-state index contributed by atoms with van der Waals surface area (Å²) in [5.74, 6) is 0.827. The number of aliphatic imine (C=N–C) groups is 1. The van der Waals surface area contributed by atoms with Crippen molar-refractivity contribution in [1.82, 2.24) is 20.8 Å². The molecule has 2 rings (SSSR count). The van der Waals surface area contributed by atoms with Gasteiger partial charge in [0, 0.05) is 22.5 Å². The highest BCUT2D eigenvalue weighted by molar-refractivity contribution is 14.0. The topological polar surface area (TPSA) is 65.1 Å². The molecule has 0 aliphatic heterocycles. The first-order valence-corrected chi connectivity index (χ1v) is 7.71. The first kappa shape index (κ1) is 18.0. The molecule has 0 atom stereocenters. The van der Waals surface area contributed by atoms with Gasteiger partial charge in [-0.3, -0.25) is 5.10 Å². The van der Waals surface area contributed by atoms with Gasteiger partial charge in [0.1, 0.15) is 0 Å². The Morgan fingerprint density at radius 1 is 1.24 bits per heavy atom. The van der Waals surface area contributed by atoms with Crippen LogP contribution in [0.3, 0.4) is 0 Å². The van der Waals surface area contributed by atoms with Gasteiger partial charge >= 0.3 is 0 Å². The number of nitrogens with zero attached hydrogens (tertiary/aromatic N) is 2. The van der Waals surface area contributed by atoms with Gasteiger partial charge < -0.3 is 10.6 Å². The maximum Gasteiger partial charge on any atom is 0.191 e. The molecule has 0 radical (unpaired) electrons. The number of H-pyrrole nitrogens is 1. The molecule has 0 fully saturated rings. The lowest BCUT2D eigenvalue weighted by atomic mass is 10.3. The van der Waals surface area contributed by atoms with Crippen LogP contribution in [-0.2, 0) is 19.5 Å². The molecule has 7 heteroatoms. The maximum atomic E-state index is 4.53. The SMILES string of the molecule is CCNC(=NCc1ccn[nH]1)NCc1ccc(CC)s1.I. The second-order valence-electron chi connectivity index (χ2n) is 4.35. The van der Waals surface area contributed by atoms with E-state index in [4.69, 9.17) is 0 Å². The van der Waals surface area contributed by atoms with Crippen LogP contribution in [0.4, 0.5) is 0 Å². The predicted molar refractivity (Wildman–Crippen MR) is 99.4 cm³/mol. The molecular weight excluding hydrogens is 397 g/mol. The summed E-state index contributed by atoms with van der Waals surface area (Å²) in [7, 11) is 0. The van der Waals surface area contributed by atoms with Crippen LogP contribution in [0.1, 0.15) is 29.3 Å². The van der Waals surface area contributed by atoms with Gasteiger partial charge in [0.15, 0.2) is 5.96 Å². The highest BCUT2D eigenvalue weighted by Crippen LogP contribution is 2.16. The molecule has 2 aromatic rings. The molecule has 0 aliphatic rings. The summed E-state index contributed by atoms with van der Waals surface area (Å²) in [6.45, 7) is 6.49. The number of halogens is 1. The van der Waals surface area contributed by atoms with Gasteiger partial charge in [0.2, 0.25) is 0 Å². The lowest BCUT2D eigenvalue weighted by Crippen LogP contribution is -2.36. The zero-order chi connectivity index (χ0) is 14.2. The molecule has 0 amide bonds. The van der Waals surface area contributed by atoms with Crippen LogP contribution in [0.5, 0.6) is 0 Å². The summed E-state index contributed by atoms with van der Waals surface area (Å²) < 4.78 is 0. The van der Waals surface area contributed by atoms with E-state index in [1.165, 1.54) is 9.75 Å². The van der Waals surface area contributed by atoms with Gasteiger partial charge in [0.25, 0.3) is 0 Å². The Kier molecular flexibility index (Phi) is 8.36. The fraction of sp³-hybridized carbons (Fsp3) is 0.429. The molecule has 5 nitrogen and oxygen atoms in total. The molecule has 2 aromatic heterocycles. The molecule has 0 unspecified atom stereocenters. The van der Waals surface area contributed by atoms with Gasteiger partial charge in [-0.2, -0.15) is 5.10 Å². The lowest BCUT2D eigenvalue weighted by molar-refractivity contribution is 0.817. The summed E-state index contributed by atoms with van der Waals surface area (Å²) >= 11 is 1.85. The van der Waals surface area contributed by atoms with Crippen molar-refractivity contribution in [2.24, 2.45) is 4.99 Å². The standard InChI is InChI=1S/C14H21N5S.HI/c1-3-12-5-6-13(20-12)10-17-14(15-4-2)16-9-11-7-8-18-19-11;/h5-8H,3-4,9-10H2,1-2H3,(H,18,19)(H2,15,16,17);1H. The molecule has 0 bridgehead atoms. The van der Waals surface area contributed by atoms with Crippen molar-refractivity contribution in [3.8, 4) is 0 Å². The van der Waals surface area contributed by atoms with Crippen molar-refractivity contribution in [2.45, 2.75) is 33.4 Å². The van der Waals surface area contributed by atoms with Gasteiger partial charge in [-0.1, -0.05) is 6.92 Å². The summed E-state index contributed by atoms with van der Waals surface area (Å²) in [6, 6.07) is 6.30. The fourth-order valence-electron chi connectivity index (χ4n) is 1.76. The van der Waals surface area contributed by atoms with Crippen molar-refractivity contribution < 1.29 is 0 Å². The third-order valence-electron chi connectivity index (χ3n) is 2.81. The van der Waals surface area contributed by atoms with E-state index in [0.29, 0.717) is 6.54 Å². The average molecular weight is 419 g/mol. The quantitative estimate of drug-likeness (QED) is 0.383. The summed E-state index contributed by atoms with van der Waals surface area (Å²) in [6.07, 6.45) is 2.84. The van der Waals surface area contributed by atoms with Gasteiger partial charge in [-0.15, -0.1) is 35.3 Å². The first-order chi connectivity index (χ1) is 9.81. The van der Waals surface area contributed by atoms with Crippen molar-refractivity contribution in [3.63, 3.8) is 0 Å². The number of hydrogen-bond donors (Lipinski definition) is 3. The average Bonchev–Trinajstić information content (AvgIpc) is 3.13. The first-order valence-electron chi connectivity index (χ1n) is 6.89. The number of thiophene rings is 1. The van der Waals surface area contributed by atoms with E-state index in [2.05, 4.69) is 51.8 Å². The highest BCUT2D eigenvalue weighted by atomic mass is 127. The van der Waals surface area contributed by atoms with Crippen LogP contribution in [0, 0.1) is 0 Å². The minimum atomic E-state index is 0. The molecule has 21 heavy (non-hydrogen) atoms. The number of guanidine groups is 1. The molecule has 3 N–H and O–H groups in total. The van der Waals surface area contributed by atoms with Gasteiger partial charge in [-0.25, -0.2) is 4.99 Å². The van der Waals surface area contributed by atoms with Gasteiger partial charge in [0.05, 0.1) is 18.8 Å². The van der Waals surface area contributed by atoms with Crippen molar-refractivity contribution >= 4 is 41.3 Å². The molecule has 0 spiro atoms. The lowest BCUT2D eigenvalue weighted by Gasteiger charge is -2.10. The van der Waals surface area contributed by atoms with Crippen LogP contribution in [0.2, 0.25) is 0 Å². The minimum Gasteiger partial charge on any atom is -0.357 e. The molecule has 0 aromatic carbocycles. The largest absolute Gasteiger partial charge is 0.357 e. The fourth-order valence-corrected chi connectivity index (χ4v) is 2.65. The molecular formula is C14H22IN5S. The predicted octanol–water partition coefficient (Wildman–Crippen LogP) is 2.91. The molecule has 0 aliphatic carbocycles. The number of nitrogens with one attached hydrogen (secondary N) is 3. The summed E-state index contributed by atoms with van der Waals surface area (Å²) in [5, 5.41) is 13.4. The zero-order valence-corrected chi connectivity index (χ0v) is 15.5. The molecule has 0 saturated heterocycles. The van der Waals surface area contributed by atoms with E-state index < -0.39 is 0 Å². The number of rotatable bonds is 6. The van der Waals surface area contributed by atoms with Crippen molar-refractivity contribution in [3.05, 3.63) is 39.8 Å². The number of aromatic nitrogens is 2. The Morgan fingerprint density at radius 3 is 2.67 bits per heavy atom. The second kappa shape index (κ2) is 9.78. The van der Waals surface area contributed by atoms with E-state index in [1.807, 2.05) is 17.4 Å². The smallest absolute Gasteiger partial charge is 0.191 e. The number of aromatic amines is 1. The Hall–Kier alpha value is -1.09. The monoisotopic (exact) mass is 419 g/mol. The molecule has 2 heterocycles. The summed E-state index contributed by atoms with van der Waals surface area (Å²) in [5.41, 5.74) is 1.01. The normalized spacial score (nSPS) is 11.0. The summed E-state index contributed by atoms with van der Waals surface area (Å²) in [4.78, 5) is 7.27. The van der Waals surface area contributed by atoms with E-state index in [-0.39, 0.29) is 24.0 Å².